The molecule has 0 bridgehead atoms. The second kappa shape index (κ2) is 7.53. The van der Waals surface area contributed by atoms with Crippen LogP contribution in [0.5, 0.6) is 0 Å². The molecule has 0 aliphatic rings. The van der Waals surface area contributed by atoms with Gasteiger partial charge in [-0.3, -0.25) is 9.59 Å². The van der Waals surface area contributed by atoms with E-state index in [0.29, 0.717) is 12.2 Å². The van der Waals surface area contributed by atoms with Crippen LogP contribution in [0, 0.1) is 0 Å². The van der Waals surface area contributed by atoms with Crippen LogP contribution in [0.3, 0.4) is 0 Å². The molecule has 2 unspecified atom stereocenters. The number of methoxy groups -OCH3 is 1. The number of amides is 1. The van der Waals surface area contributed by atoms with Gasteiger partial charge in [0.1, 0.15) is 6.04 Å². The Morgan fingerprint density at radius 3 is 2.60 bits per heavy atom. The summed E-state index contributed by atoms with van der Waals surface area (Å²) in [5, 5.41) is 2.43. The molecule has 0 aliphatic carbocycles. The minimum absolute atomic E-state index is 0.0216. The van der Waals surface area contributed by atoms with E-state index < -0.39 is 12.0 Å². The van der Waals surface area contributed by atoms with Crippen LogP contribution in [0.15, 0.2) is 0 Å². The molecule has 1 amide bonds. The number of nitrogens with two attached hydrogens (primary N) is 1. The maximum absolute atomic E-state index is 11.1. The lowest BCUT2D eigenvalue weighted by atomic mass is 10.2. The topological polar surface area (TPSA) is 81.4 Å². The van der Waals surface area contributed by atoms with Gasteiger partial charge in [-0.15, -0.1) is 11.8 Å². The third-order valence-corrected chi connectivity index (χ3v) is 3.10. The molecule has 0 heterocycles. The number of nitrogens with one attached hydrogen (secondary N) is 1. The Labute approximate surface area is 94.1 Å². The van der Waals surface area contributed by atoms with Gasteiger partial charge in [-0.1, -0.05) is 0 Å². The van der Waals surface area contributed by atoms with Crippen molar-refractivity contribution >= 4 is 23.6 Å². The van der Waals surface area contributed by atoms with E-state index in [1.165, 1.54) is 18.9 Å². The van der Waals surface area contributed by atoms with Crippen LogP contribution in [0.4, 0.5) is 0 Å². The van der Waals surface area contributed by atoms with Crippen LogP contribution in [0.1, 0.15) is 13.3 Å². The molecule has 0 aromatic carbocycles. The summed E-state index contributed by atoms with van der Waals surface area (Å²) < 4.78 is 4.49. The molecule has 88 valence electrons. The van der Waals surface area contributed by atoms with E-state index in [1.807, 2.05) is 6.92 Å². The van der Waals surface area contributed by atoms with E-state index in [1.54, 1.807) is 7.05 Å². The minimum atomic E-state index is -0.598. The third-order valence-electron chi connectivity index (χ3n) is 1.92. The number of thioether (sulfide) groups is 1. The van der Waals surface area contributed by atoms with Crippen molar-refractivity contribution in [3.05, 3.63) is 0 Å². The van der Waals surface area contributed by atoms with E-state index in [-0.39, 0.29) is 11.2 Å². The zero-order chi connectivity index (χ0) is 11.8. The molecule has 0 saturated carbocycles. The number of rotatable bonds is 6. The molecule has 2 atom stereocenters. The molecule has 15 heavy (non-hydrogen) atoms. The minimum Gasteiger partial charge on any atom is -0.468 e. The number of ether oxygens (including phenoxy) is 1. The van der Waals surface area contributed by atoms with Crippen LogP contribution >= 0.6 is 11.8 Å². The SMILES string of the molecule is CNC(=O)C(C)SCCC(N)C(=O)OC. The standard InChI is InChI=1S/C9H18N2O3S/c1-6(8(12)11-2)15-5-4-7(10)9(13)14-3/h6-7H,4-5,10H2,1-3H3,(H,11,12). The second-order valence-electron chi connectivity index (χ2n) is 3.05. The fourth-order valence-corrected chi connectivity index (χ4v) is 1.93. The highest BCUT2D eigenvalue weighted by Gasteiger charge is 2.15. The van der Waals surface area contributed by atoms with Gasteiger partial charge >= 0.3 is 5.97 Å². The van der Waals surface area contributed by atoms with Gasteiger partial charge in [0.05, 0.1) is 12.4 Å². The molecule has 0 spiro atoms. The van der Waals surface area contributed by atoms with Crippen molar-refractivity contribution in [1.82, 2.24) is 5.32 Å². The molecule has 0 aromatic rings. The highest BCUT2D eigenvalue weighted by molar-refractivity contribution is 8.00. The van der Waals surface area contributed by atoms with E-state index >= 15 is 0 Å². The van der Waals surface area contributed by atoms with Gasteiger partial charge in [0.25, 0.3) is 0 Å². The van der Waals surface area contributed by atoms with Crippen LogP contribution in [0.25, 0.3) is 0 Å². The summed E-state index contributed by atoms with van der Waals surface area (Å²) in [5.41, 5.74) is 5.53. The van der Waals surface area contributed by atoms with Crippen molar-refractivity contribution in [2.45, 2.75) is 24.6 Å². The molecule has 6 heteroatoms. The predicted molar refractivity (Wildman–Crippen MR) is 60.6 cm³/mol. The molecule has 3 N–H and O–H groups in total. The summed E-state index contributed by atoms with van der Waals surface area (Å²) in [5.74, 6) is 0.222. The average molecular weight is 234 g/mol. The quantitative estimate of drug-likeness (QED) is 0.619. The van der Waals surface area contributed by atoms with E-state index in [4.69, 9.17) is 5.73 Å². The maximum atomic E-state index is 11.1. The van der Waals surface area contributed by atoms with Crippen LogP contribution < -0.4 is 11.1 Å². The van der Waals surface area contributed by atoms with Crippen LogP contribution in [-0.2, 0) is 14.3 Å². The first-order valence-corrected chi connectivity index (χ1v) is 5.74. The molecule has 5 nitrogen and oxygen atoms in total. The largest absolute Gasteiger partial charge is 0.468 e. The van der Waals surface area contributed by atoms with Crippen molar-refractivity contribution in [3.63, 3.8) is 0 Å². The Kier molecular flexibility index (Phi) is 7.15. The first-order chi connectivity index (χ1) is 7.02. The van der Waals surface area contributed by atoms with Crippen molar-refractivity contribution in [1.29, 1.82) is 0 Å². The lowest BCUT2D eigenvalue weighted by molar-refractivity contribution is -0.142. The summed E-state index contributed by atoms with van der Waals surface area (Å²) in [7, 11) is 2.90. The fraction of sp³-hybridized carbons (Fsp3) is 0.778. The second-order valence-corrected chi connectivity index (χ2v) is 4.49. The van der Waals surface area contributed by atoms with Gasteiger partial charge in [-0.25, -0.2) is 0 Å². The Bertz CT molecular complexity index is 201. The van der Waals surface area contributed by atoms with Gasteiger partial charge in [0.15, 0.2) is 0 Å². The smallest absolute Gasteiger partial charge is 0.322 e. The molecule has 0 rings (SSSR count). The fourth-order valence-electron chi connectivity index (χ4n) is 0.920. The zero-order valence-electron chi connectivity index (χ0n) is 9.28. The van der Waals surface area contributed by atoms with Crippen molar-refractivity contribution in [3.8, 4) is 0 Å². The molecular formula is C9H18N2O3S. The number of esters is 1. The zero-order valence-corrected chi connectivity index (χ0v) is 10.1. The maximum Gasteiger partial charge on any atom is 0.322 e. The van der Waals surface area contributed by atoms with Crippen LogP contribution in [0.2, 0.25) is 0 Å². The highest BCUT2D eigenvalue weighted by atomic mass is 32.2. The summed E-state index contributed by atoms with van der Waals surface area (Å²) in [6, 6.07) is -0.598. The summed E-state index contributed by atoms with van der Waals surface area (Å²) in [6.45, 7) is 1.81. The van der Waals surface area contributed by atoms with Gasteiger partial charge < -0.3 is 15.8 Å². The number of hydrogen-bond acceptors (Lipinski definition) is 5. The van der Waals surface area contributed by atoms with Crippen molar-refractivity contribution in [2.24, 2.45) is 5.73 Å². The van der Waals surface area contributed by atoms with Gasteiger partial charge in [-0.05, 0) is 19.1 Å². The number of carbonyl (C=O) groups is 2. The Balaban J connectivity index is 3.70. The first-order valence-electron chi connectivity index (χ1n) is 4.69. The lowest BCUT2D eigenvalue weighted by Gasteiger charge is -2.11. The molecule has 0 aliphatic heterocycles. The normalized spacial score (nSPS) is 14.1. The summed E-state index contributed by atoms with van der Waals surface area (Å²) in [4.78, 5) is 22.1. The molecule has 0 aromatic heterocycles. The molecule has 0 saturated heterocycles. The van der Waals surface area contributed by atoms with E-state index in [9.17, 15) is 9.59 Å². The Morgan fingerprint density at radius 2 is 2.13 bits per heavy atom. The van der Waals surface area contributed by atoms with E-state index in [2.05, 4.69) is 10.1 Å². The molecule has 0 fully saturated rings. The van der Waals surface area contributed by atoms with Crippen molar-refractivity contribution < 1.29 is 14.3 Å². The number of carbonyl (C=O) groups excluding carboxylic acids is 2. The first kappa shape index (κ1) is 14.2. The Hall–Kier alpha value is -0.750. The summed E-state index contributed by atoms with van der Waals surface area (Å²) >= 11 is 1.47. The van der Waals surface area contributed by atoms with Gasteiger partial charge in [0, 0.05) is 7.05 Å². The van der Waals surface area contributed by atoms with Crippen LogP contribution in [-0.4, -0.2) is 43.1 Å². The third kappa shape index (κ3) is 5.64. The molecule has 0 radical (unpaired) electrons. The molecular weight excluding hydrogens is 216 g/mol. The number of hydrogen-bond donors (Lipinski definition) is 2. The Morgan fingerprint density at radius 1 is 1.53 bits per heavy atom. The van der Waals surface area contributed by atoms with Gasteiger partial charge in [0.2, 0.25) is 5.91 Å². The van der Waals surface area contributed by atoms with Crippen molar-refractivity contribution in [2.75, 3.05) is 19.9 Å². The predicted octanol–water partition coefficient (Wildman–Crippen LogP) is -0.255. The van der Waals surface area contributed by atoms with Gasteiger partial charge in [-0.2, -0.15) is 0 Å². The monoisotopic (exact) mass is 234 g/mol. The lowest BCUT2D eigenvalue weighted by Crippen LogP contribution is -2.33. The summed E-state index contributed by atoms with van der Waals surface area (Å²) in [6.07, 6.45) is 0.513. The highest BCUT2D eigenvalue weighted by Crippen LogP contribution is 2.12. The van der Waals surface area contributed by atoms with E-state index in [0.717, 1.165) is 0 Å². The average Bonchev–Trinajstić information content (AvgIpc) is 2.26.